The number of rotatable bonds is 4. The molecule has 0 spiro atoms. The summed E-state index contributed by atoms with van der Waals surface area (Å²) >= 11 is 0. The highest BCUT2D eigenvalue weighted by Crippen LogP contribution is 2.20. The molecule has 1 aromatic carbocycles. The third-order valence-corrected chi connectivity index (χ3v) is 4.26. The molecule has 1 aliphatic rings. The molecular formula is C19H22N2O3. The van der Waals surface area contributed by atoms with Gasteiger partial charge in [0.05, 0.1) is 6.61 Å². The van der Waals surface area contributed by atoms with Crippen molar-refractivity contribution in [3.63, 3.8) is 0 Å². The van der Waals surface area contributed by atoms with E-state index in [-0.39, 0.29) is 11.5 Å². The van der Waals surface area contributed by atoms with Crippen LogP contribution in [0.15, 0.2) is 47.3 Å². The number of likely N-dealkylation sites (tertiary alicyclic amines) is 1. The number of nitrogens with zero attached hydrogens (tertiary/aromatic N) is 1. The summed E-state index contributed by atoms with van der Waals surface area (Å²) in [6, 6.07) is 12.8. The molecular weight excluding hydrogens is 304 g/mol. The summed E-state index contributed by atoms with van der Waals surface area (Å²) in [5.74, 6) is 1.09. The average Bonchev–Trinajstić information content (AvgIpc) is 2.59. The largest absolute Gasteiger partial charge is 0.493 e. The van der Waals surface area contributed by atoms with Crippen molar-refractivity contribution < 1.29 is 9.53 Å². The predicted octanol–water partition coefficient (Wildman–Crippen LogP) is 2.61. The number of ether oxygens (including phenoxy) is 1. The van der Waals surface area contributed by atoms with Gasteiger partial charge in [0.15, 0.2) is 0 Å². The van der Waals surface area contributed by atoms with Gasteiger partial charge in [-0.1, -0.05) is 18.2 Å². The highest BCUT2D eigenvalue weighted by molar-refractivity contribution is 5.94. The molecule has 1 amide bonds. The third kappa shape index (κ3) is 4.04. The third-order valence-electron chi connectivity index (χ3n) is 4.26. The Bertz CT molecular complexity index is 755. The molecule has 5 heteroatoms. The molecule has 126 valence electrons. The number of aromatic amines is 1. The first-order valence-electron chi connectivity index (χ1n) is 8.30. The molecule has 1 aromatic heterocycles. The van der Waals surface area contributed by atoms with Crippen LogP contribution in [0.4, 0.5) is 0 Å². The van der Waals surface area contributed by atoms with Crippen LogP contribution in [0.2, 0.25) is 0 Å². The molecule has 0 radical (unpaired) electrons. The van der Waals surface area contributed by atoms with Gasteiger partial charge in [0.2, 0.25) is 5.56 Å². The molecule has 2 aromatic rings. The quantitative estimate of drug-likeness (QED) is 0.939. The van der Waals surface area contributed by atoms with Gasteiger partial charge in [0, 0.05) is 36.3 Å². The number of hydrogen-bond donors (Lipinski definition) is 1. The molecule has 0 unspecified atom stereocenters. The van der Waals surface area contributed by atoms with Gasteiger partial charge in [-0.2, -0.15) is 0 Å². The molecule has 0 saturated carbocycles. The first-order chi connectivity index (χ1) is 11.6. The molecule has 1 aliphatic heterocycles. The van der Waals surface area contributed by atoms with E-state index in [1.54, 1.807) is 13.0 Å². The lowest BCUT2D eigenvalue weighted by Crippen LogP contribution is -2.41. The van der Waals surface area contributed by atoms with E-state index in [0.29, 0.717) is 30.3 Å². The number of carbonyl (C=O) groups is 1. The number of pyridine rings is 1. The average molecular weight is 326 g/mol. The van der Waals surface area contributed by atoms with Gasteiger partial charge in [-0.3, -0.25) is 9.59 Å². The molecule has 3 rings (SSSR count). The Labute approximate surface area is 141 Å². The lowest BCUT2D eigenvalue weighted by atomic mass is 9.98. The molecule has 1 atom stereocenters. The molecule has 1 fully saturated rings. The van der Waals surface area contributed by atoms with E-state index in [1.807, 2.05) is 35.2 Å². The van der Waals surface area contributed by atoms with Crippen molar-refractivity contribution in [3.05, 3.63) is 64.1 Å². The molecule has 1 saturated heterocycles. The Morgan fingerprint density at radius 2 is 2.08 bits per heavy atom. The SMILES string of the molecule is Cc1cc(C(=O)N2CCC[C@@H](COc3ccccc3)C2)cc(=O)[nH]1. The van der Waals surface area contributed by atoms with Crippen LogP contribution in [0.5, 0.6) is 5.75 Å². The van der Waals surface area contributed by atoms with Crippen LogP contribution >= 0.6 is 0 Å². The van der Waals surface area contributed by atoms with Gasteiger partial charge in [-0.05, 0) is 38.0 Å². The van der Waals surface area contributed by atoms with Gasteiger partial charge < -0.3 is 14.6 Å². The zero-order valence-electron chi connectivity index (χ0n) is 13.8. The zero-order valence-corrected chi connectivity index (χ0v) is 13.8. The summed E-state index contributed by atoms with van der Waals surface area (Å²) in [5, 5.41) is 0. The summed E-state index contributed by atoms with van der Waals surface area (Å²) in [4.78, 5) is 28.7. The first-order valence-corrected chi connectivity index (χ1v) is 8.30. The molecule has 0 bridgehead atoms. The topological polar surface area (TPSA) is 62.4 Å². The van der Waals surface area contributed by atoms with Crippen molar-refractivity contribution in [2.75, 3.05) is 19.7 Å². The van der Waals surface area contributed by atoms with E-state index in [1.165, 1.54) is 6.07 Å². The Kier molecular flexibility index (Phi) is 4.99. The highest BCUT2D eigenvalue weighted by atomic mass is 16.5. The van der Waals surface area contributed by atoms with E-state index in [0.717, 1.165) is 25.1 Å². The summed E-state index contributed by atoms with van der Waals surface area (Å²) in [6.07, 6.45) is 2.00. The van der Waals surface area contributed by atoms with Crippen molar-refractivity contribution in [2.45, 2.75) is 19.8 Å². The van der Waals surface area contributed by atoms with E-state index in [9.17, 15) is 9.59 Å². The number of amides is 1. The number of para-hydroxylation sites is 1. The van der Waals surface area contributed by atoms with Crippen LogP contribution in [0.3, 0.4) is 0 Å². The number of benzene rings is 1. The van der Waals surface area contributed by atoms with Gasteiger partial charge in [-0.25, -0.2) is 0 Å². The number of carbonyl (C=O) groups excluding carboxylic acids is 1. The monoisotopic (exact) mass is 326 g/mol. The van der Waals surface area contributed by atoms with Gasteiger partial charge in [0.25, 0.3) is 5.91 Å². The van der Waals surface area contributed by atoms with Crippen LogP contribution in [0, 0.1) is 12.8 Å². The number of nitrogens with one attached hydrogen (secondary N) is 1. The van der Waals surface area contributed by atoms with Crippen LogP contribution in [-0.2, 0) is 0 Å². The number of aromatic nitrogens is 1. The maximum Gasteiger partial charge on any atom is 0.254 e. The van der Waals surface area contributed by atoms with Crippen LogP contribution in [0.25, 0.3) is 0 Å². The maximum absolute atomic E-state index is 12.7. The summed E-state index contributed by atoms with van der Waals surface area (Å²) in [6.45, 7) is 3.77. The minimum atomic E-state index is -0.237. The van der Waals surface area contributed by atoms with Gasteiger partial charge in [0.1, 0.15) is 5.75 Å². The second-order valence-electron chi connectivity index (χ2n) is 6.30. The molecule has 2 heterocycles. The smallest absolute Gasteiger partial charge is 0.254 e. The highest BCUT2D eigenvalue weighted by Gasteiger charge is 2.25. The van der Waals surface area contributed by atoms with E-state index < -0.39 is 0 Å². The predicted molar refractivity (Wildman–Crippen MR) is 92.4 cm³/mol. The Morgan fingerprint density at radius 1 is 1.29 bits per heavy atom. The van der Waals surface area contributed by atoms with E-state index in [2.05, 4.69) is 4.98 Å². The van der Waals surface area contributed by atoms with E-state index in [4.69, 9.17) is 4.74 Å². The van der Waals surface area contributed by atoms with Gasteiger partial charge >= 0.3 is 0 Å². The van der Waals surface area contributed by atoms with Crippen LogP contribution in [0.1, 0.15) is 28.9 Å². The second-order valence-corrected chi connectivity index (χ2v) is 6.30. The fraction of sp³-hybridized carbons (Fsp3) is 0.368. The van der Waals surface area contributed by atoms with Crippen molar-refractivity contribution in [3.8, 4) is 5.75 Å². The molecule has 0 aliphatic carbocycles. The number of H-pyrrole nitrogens is 1. The summed E-state index contributed by atoms with van der Waals surface area (Å²) < 4.78 is 5.82. The normalized spacial score (nSPS) is 17.5. The van der Waals surface area contributed by atoms with Crippen molar-refractivity contribution >= 4 is 5.91 Å². The van der Waals surface area contributed by atoms with Gasteiger partial charge in [-0.15, -0.1) is 0 Å². The fourth-order valence-electron chi connectivity index (χ4n) is 3.11. The van der Waals surface area contributed by atoms with Crippen LogP contribution < -0.4 is 10.3 Å². The molecule has 5 nitrogen and oxygen atoms in total. The molecule has 24 heavy (non-hydrogen) atoms. The number of piperidine rings is 1. The van der Waals surface area contributed by atoms with Crippen molar-refractivity contribution in [1.29, 1.82) is 0 Å². The molecule has 1 N–H and O–H groups in total. The fourth-order valence-corrected chi connectivity index (χ4v) is 3.11. The minimum Gasteiger partial charge on any atom is -0.493 e. The number of hydrogen-bond acceptors (Lipinski definition) is 3. The summed E-state index contributed by atoms with van der Waals surface area (Å²) in [5.41, 5.74) is 0.923. The second kappa shape index (κ2) is 7.34. The van der Waals surface area contributed by atoms with E-state index >= 15 is 0 Å². The van der Waals surface area contributed by atoms with Crippen molar-refractivity contribution in [1.82, 2.24) is 9.88 Å². The first kappa shape index (κ1) is 16.3. The van der Waals surface area contributed by atoms with Crippen molar-refractivity contribution in [2.24, 2.45) is 5.92 Å². The summed E-state index contributed by atoms with van der Waals surface area (Å²) in [7, 11) is 0. The standard InChI is InChI=1S/C19H22N2O3/c1-14-10-16(11-18(22)20-14)19(23)21-9-5-6-15(12-21)13-24-17-7-3-2-4-8-17/h2-4,7-8,10-11,15H,5-6,9,12-13H2,1H3,(H,20,22)/t15-/m1/s1. The minimum absolute atomic E-state index is 0.0754. The maximum atomic E-state index is 12.7. The Hall–Kier alpha value is -2.56. The lowest BCUT2D eigenvalue weighted by Gasteiger charge is -2.32. The Morgan fingerprint density at radius 3 is 2.83 bits per heavy atom. The number of aryl methyl sites for hydroxylation is 1. The Balaban J connectivity index is 1.62. The lowest BCUT2D eigenvalue weighted by molar-refractivity contribution is 0.0633. The van der Waals surface area contributed by atoms with Crippen LogP contribution in [-0.4, -0.2) is 35.5 Å². The zero-order chi connectivity index (χ0) is 16.9.